The summed E-state index contributed by atoms with van der Waals surface area (Å²) in [5, 5.41) is 0. The van der Waals surface area contributed by atoms with Crippen LogP contribution in [0.15, 0.2) is 36.4 Å². The number of nitrogens with zero attached hydrogens (tertiary/aromatic N) is 1. The minimum Gasteiger partial charge on any atom is -0.497 e. The van der Waals surface area contributed by atoms with Crippen molar-refractivity contribution in [3.05, 3.63) is 53.3 Å². The molecule has 0 aliphatic heterocycles. The average molecular weight is 229 g/mol. The van der Waals surface area contributed by atoms with Crippen molar-refractivity contribution in [1.82, 2.24) is 4.57 Å². The van der Waals surface area contributed by atoms with E-state index in [0.29, 0.717) is 0 Å². The van der Waals surface area contributed by atoms with Gasteiger partial charge >= 0.3 is 0 Å². The number of benzene rings is 1. The molecule has 0 bridgehead atoms. The summed E-state index contributed by atoms with van der Waals surface area (Å²) in [6.07, 6.45) is 1.04. The van der Waals surface area contributed by atoms with E-state index in [0.717, 1.165) is 18.7 Å². The molecule has 0 saturated heterocycles. The van der Waals surface area contributed by atoms with Crippen molar-refractivity contribution in [2.75, 3.05) is 7.11 Å². The lowest BCUT2D eigenvalue weighted by atomic mass is 10.1. The number of ether oxygens (including phenoxy) is 1. The molecule has 1 heterocycles. The molecule has 1 aromatic heterocycles. The number of rotatable bonds is 4. The molecule has 0 atom stereocenters. The van der Waals surface area contributed by atoms with Crippen LogP contribution in [0.5, 0.6) is 5.75 Å². The average Bonchev–Trinajstić information content (AvgIpc) is 2.67. The zero-order valence-electron chi connectivity index (χ0n) is 10.7. The van der Waals surface area contributed by atoms with E-state index in [-0.39, 0.29) is 0 Å². The smallest absolute Gasteiger partial charge is 0.119 e. The number of methoxy groups -OCH3 is 1. The lowest BCUT2D eigenvalue weighted by Crippen LogP contribution is -2.04. The normalized spacial score (nSPS) is 10.5. The molecule has 17 heavy (non-hydrogen) atoms. The molecule has 90 valence electrons. The Morgan fingerprint density at radius 1 is 1.06 bits per heavy atom. The Morgan fingerprint density at radius 2 is 1.76 bits per heavy atom. The van der Waals surface area contributed by atoms with Gasteiger partial charge in [-0.05, 0) is 50.1 Å². The largest absolute Gasteiger partial charge is 0.497 e. The van der Waals surface area contributed by atoms with Crippen molar-refractivity contribution >= 4 is 0 Å². The van der Waals surface area contributed by atoms with Crippen molar-refractivity contribution in [2.45, 2.75) is 26.8 Å². The summed E-state index contributed by atoms with van der Waals surface area (Å²) in [6.45, 7) is 5.33. The Balaban J connectivity index is 2.07. The minimum absolute atomic E-state index is 0.934. The van der Waals surface area contributed by atoms with Crippen molar-refractivity contribution in [3.63, 3.8) is 0 Å². The number of hydrogen-bond acceptors (Lipinski definition) is 1. The molecule has 2 aromatic rings. The minimum atomic E-state index is 0.934. The van der Waals surface area contributed by atoms with Crippen LogP contribution in [0, 0.1) is 13.8 Å². The molecule has 2 rings (SSSR count). The van der Waals surface area contributed by atoms with Gasteiger partial charge in [-0.25, -0.2) is 0 Å². The topological polar surface area (TPSA) is 14.2 Å². The highest BCUT2D eigenvalue weighted by atomic mass is 16.5. The second kappa shape index (κ2) is 5.09. The standard InChI is InChI=1S/C15H19NO/c1-12-7-8-13(2)16(12)10-9-14-5-4-6-15(11-14)17-3/h4-8,11H,9-10H2,1-3H3. The molecular weight excluding hydrogens is 210 g/mol. The fourth-order valence-corrected chi connectivity index (χ4v) is 2.12. The van der Waals surface area contributed by atoms with E-state index in [9.17, 15) is 0 Å². The summed E-state index contributed by atoms with van der Waals surface area (Å²) in [4.78, 5) is 0. The molecule has 1 aromatic carbocycles. The first-order chi connectivity index (χ1) is 8.20. The lowest BCUT2D eigenvalue weighted by molar-refractivity contribution is 0.414. The maximum absolute atomic E-state index is 5.23. The van der Waals surface area contributed by atoms with Gasteiger partial charge in [-0.3, -0.25) is 0 Å². The second-order valence-electron chi connectivity index (χ2n) is 4.37. The van der Waals surface area contributed by atoms with E-state index < -0.39 is 0 Å². The molecule has 0 fully saturated rings. The van der Waals surface area contributed by atoms with E-state index in [1.807, 2.05) is 12.1 Å². The van der Waals surface area contributed by atoms with Crippen LogP contribution in [0.25, 0.3) is 0 Å². The second-order valence-corrected chi connectivity index (χ2v) is 4.37. The highest BCUT2D eigenvalue weighted by molar-refractivity contribution is 5.28. The highest BCUT2D eigenvalue weighted by Crippen LogP contribution is 2.15. The van der Waals surface area contributed by atoms with Crippen LogP contribution in [-0.2, 0) is 13.0 Å². The Hall–Kier alpha value is -1.70. The Kier molecular flexibility index (Phi) is 3.52. The molecular formula is C15H19NO. The highest BCUT2D eigenvalue weighted by Gasteiger charge is 2.02. The monoisotopic (exact) mass is 229 g/mol. The first-order valence-electron chi connectivity index (χ1n) is 5.96. The zero-order chi connectivity index (χ0) is 12.3. The van der Waals surface area contributed by atoms with E-state index in [1.54, 1.807) is 7.11 Å². The summed E-state index contributed by atoms with van der Waals surface area (Å²) in [5.41, 5.74) is 3.97. The van der Waals surface area contributed by atoms with Gasteiger partial charge in [0.05, 0.1) is 7.11 Å². The van der Waals surface area contributed by atoms with Gasteiger partial charge in [0.1, 0.15) is 5.75 Å². The summed E-state index contributed by atoms with van der Waals surface area (Å²) >= 11 is 0. The molecule has 0 N–H and O–H groups in total. The van der Waals surface area contributed by atoms with Crippen LogP contribution in [0.4, 0.5) is 0 Å². The van der Waals surface area contributed by atoms with E-state index >= 15 is 0 Å². The predicted octanol–water partition coefficient (Wildman–Crippen LogP) is 3.36. The maximum atomic E-state index is 5.23. The fraction of sp³-hybridized carbons (Fsp3) is 0.333. The molecule has 0 unspecified atom stereocenters. The van der Waals surface area contributed by atoms with Crippen LogP contribution < -0.4 is 4.74 Å². The number of aryl methyl sites for hydroxylation is 3. The van der Waals surface area contributed by atoms with Gasteiger partial charge in [-0.2, -0.15) is 0 Å². The lowest BCUT2D eigenvalue weighted by Gasteiger charge is -2.10. The van der Waals surface area contributed by atoms with Crippen LogP contribution in [0.3, 0.4) is 0 Å². The Labute approximate surface area is 103 Å². The van der Waals surface area contributed by atoms with Crippen LogP contribution in [-0.4, -0.2) is 11.7 Å². The van der Waals surface area contributed by atoms with Gasteiger partial charge < -0.3 is 9.30 Å². The third-order valence-corrected chi connectivity index (χ3v) is 3.18. The molecule has 0 aliphatic carbocycles. The van der Waals surface area contributed by atoms with E-state index in [1.165, 1.54) is 17.0 Å². The summed E-state index contributed by atoms with van der Waals surface area (Å²) < 4.78 is 7.58. The summed E-state index contributed by atoms with van der Waals surface area (Å²) in [6, 6.07) is 12.6. The molecule has 0 aliphatic rings. The number of hydrogen-bond donors (Lipinski definition) is 0. The van der Waals surface area contributed by atoms with Crippen molar-refractivity contribution in [2.24, 2.45) is 0 Å². The van der Waals surface area contributed by atoms with Gasteiger partial charge in [0, 0.05) is 17.9 Å². The fourth-order valence-electron chi connectivity index (χ4n) is 2.12. The molecule has 2 nitrogen and oxygen atoms in total. The first kappa shape index (κ1) is 11.8. The summed E-state index contributed by atoms with van der Waals surface area (Å²) in [7, 11) is 1.71. The van der Waals surface area contributed by atoms with Gasteiger partial charge in [0.15, 0.2) is 0 Å². The third kappa shape index (κ3) is 2.70. The van der Waals surface area contributed by atoms with Gasteiger partial charge in [0.2, 0.25) is 0 Å². The quantitative estimate of drug-likeness (QED) is 0.784. The van der Waals surface area contributed by atoms with Gasteiger partial charge in [-0.15, -0.1) is 0 Å². The third-order valence-electron chi connectivity index (χ3n) is 3.18. The van der Waals surface area contributed by atoms with E-state index in [2.05, 4.69) is 42.7 Å². The molecule has 0 spiro atoms. The van der Waals surface area contributed by atoms with Crippen LogP contribution in [0.1, 0.15) is 17.0 Å². The number of aromatic nitrogens is 1. The Bertz CT molecular complexity index is 480. The van der Waals surface area contributed by atoms with Crippen molar-refractivity contribution < 1.29 is 4.74 Å². The van der Waals surface area contributed by atoms with Crippen molar-refractivity contribution in [1.29, 1.82) is 0 Å². The molecule has 2 heteroatoms. The van der Waals surface area contributed by atoms with Gasteiger partial charge in [0.25, 0.3) is 0 Å². The molecule has 0 saturated carbocycles. The SMILES string of the molecule is COc1cccc(CCn2c(C)ccc2C)c1. The maximum Gasteiger partial charge on any atom is 0.119 e. The first-order valence-corrected chi connectivity index (χ1v) is 5.96. The van der Waals surface area contributed by atoms with Crippen molar-refractivity contribution in [3.8, 4) is 5.75 Å². The summed E-state index contributed by atoms with van der Waals surface area (Å²) in [5.74, 6) is 0.934. The predicted molar refractivity (Wildman–Crippen MR) is 70.6 cm³/mol. The van der Waals surface area contributed by atoms with E-state index in [4.69, 9.17) is 4.74 Å². The molecule has 0 radical (unpaired) electrons. The van der Waals surface area contributed by atoms with Crippen LogP contribution in [0.2, 0.25) is 0 Å². The zero-order valence-corrected chi connectivity index (χ0v) is 10.7. The van der Waals surface area contributed by atoms with Gasteiger partial charge in [-0.1, -0.05) is 12.1 Å². The van der Waals surface area contributed by atoms with Crippen LogP contribution >= 0.6 is 0 Å². The molecule has 0 amide bonds. The Morgan fingerprint density at radius 3 is 2.41 bits per heavy atom.